The Hall–Kier alpha value is -1.64. The maximum absolute atomic E-state index is 11.9. The highest BCUT2D eigenvalue weighted by atomic mass is 32.2. The molecule has 0 aromatic heterocycles. The molecule has 0 radical (unpaired) electrons. The normalized spacial score (nSPS) is 18.3. The van der Waals surface area contributed by atoms with Gasteiger partial charge in [0.25, 0.3) is 0 Å². The van der Waals surface area contributed by atoms with Gasteiger partial charge in [0.1, 0.15) is 0 Å². The van der Waals surface area contributed by atoms with Gasteiger partial charge in [0.15, 0.2) is 0 Å². The number of hydrogen-bond donors (Lipinski definition) is 3. The molecule has 1 aromatic carbocycles. The molecule has 122 valence electrons. The van der Waals surface area contributed by atoms with E-state index >= 15 is 0 Å². The summed E-state index contributed by atoms with van der Waals surface area (Å²) in [6.07, 6.45) is 1.99. The summed E-state index contributed by atoms with van der Waals surface area (Å²) in [6.45, 7) is 3.12. The van der Waals surface area contributed by atoms with E-state index in [4.69, 9.17) is 4.74 Å². The van der Waals surface area contributed by atoms with Gasteiger partial charge in [-0.05, 0) is 31.0 Å². The number of benzene rings is 1. The van der Waals surface area contributed by atoms with Gasteiger partial charge in [-0.15, -0.1) is 0 Å². The highest BCUT2D eigenvalue weighted by molar-refractivity contribution is 7.89. The van der Waals surface area contributed by atoms with Crippen LogP contribution in [0.15, 0.2) is 23.1 Å². The third kappa shape index (κ3) is 3.96. The number of anilines is 1. The summed E-state index contributed by atoms with van der Waals surface area (Å²) in [7, 11) is -3.68. The Labute approximate surface area is 129 Å². The standard InChI is InChI=1S/C14H20N2O5S/c1-2-16-22(19,20)11-5-6-13(12(8-11)14(17)18)15-9-10-4-3-7-21-10/h5-6,8,10,15-16H,2-4,7,9H2,1H3,(H,17,18)/t10-/m1/s1. The molecular weight excluding hydrogens is 308 g/mol. The van der Waals surface area contributed by atoms with Crippen LogP contribution in [0.1, 0.15) is 30.1 Å². The molecule has 0 unspecified atom stereocenters. The van der Waals surface area contributed by atoms with Gasteiger partial charge < -0.3 is 15.2 Å². The number of aromatic carboxylic acids is 1. The molecule has 0 amide bonds. The second-order valence-corrected chi connectivity index (χ2v) is 6.80. The van der Waals surface area contributed by atoms with Gasteiger partial charge in [0, 0.05) is 25.4 Å². The van der Waals surface area contributed by atoms with E-state index in [-0.39, 0.29) is 23.1 Å². The molecule has 0 saturated carbocycles. The first-order valence-corrected chi connectivity index (χ1v) is 8.65. The molecule has 2 rings (SSSR count). The molecule has 1 fully saturated rings. The van der Waals surface area contributed by atoms with Crippen molar-refractivity contribution in [1.29, 1.82) is 0 Å². The molecule has 8 heteroatoms. The quantitative estimate of drug-likeness (QED) is 0.696. The summed E-state index contributed by atoms with van der Waals surface area (Å²) < 4.78 is 31.7. The van der Waals surface area contributed by atoms with E-state index in [1.807, 2.05) is 0 Å². The molecule has 22 heavy (non-hydrogen) atoms. The van der Waals surface area contributed by atoms with Crippen LogP contribution in [0.5, 0.6) is 0 Å². The van der Waals surface area contributed by atoms with E-state index in [0.29, 0.717) is 12.2 Å². The van der Waals surface area contributed by atoms with Crippen LogP contribution in [0.4, 0.5) is 5.69 Å². The van der Waals surface area contributed by atoms with Crippen LogP contribution in [0.3, 0.4) is 0 Å². The maximum atomic E-state index is 11.9. The first-order chi connectivity index (χ1) is 10.4. The molecule has 0 bridgehead atoms. The van der Waals surface area contributed by atoms with Crippen molar-refractivity contribution >= 4 is 21.7 Å². The van der Waals surface area contributed by atoms with Crippen molar-refractivity contribution in [2.75, 3.05) is 25.0 Å². The van der Waals surface area contributed by atoms with E-state index in [1.54, 1.807) is 6.92 Å². The van der Waals surface area contributed by atoms with Crippen molar-refractivity contribution in [1.82, 2.24) is 4.72 Å². The number of nitrogens with one attached hydrogen (secondary N) is 2. The third-order valence-electron chi connectivity index (χ3n) is 3.41. The fourth-order valence-electron chi connectivity index (χ4n) is 2.32. The fraction of sp³-hybridized carbons (Fsp3) is 0.500. The Morgan fingerprint density at radius 2 is 2.23 bits per heavy atom. The van der Waals surface area contributed by atoms with Gasteiger partial charge >= 0.3 is 5.97 Å². The summed E-state index contributed by atoms with van der Waals surface area (Å²) in [5, 5.41) is 12.3. The monoisotopic (exact) mass is 328 g/mol. The lowest BCUT2D eigenvalue weighted by Gasteiger charge is -2.14. The Balaban J connectivity index is 2.21. The van der Waals surface area contributed by atoms with Crippen molar-refractivity contribution in [2.24, 2.45) is 0 Å². The van der Waals surface area contributed by atoms with Gasteiger partial charge in [-0.3, -0.25) is 0 Å². The molecule has 0 spiro atoms. The first kappa shape index (κ1) is 16.7. The maximum Gasteiger partial charge on any atom is 0.337 e. The van der Waals surface area contributed by atoms with Crippen LogP contribution < -0.4 is 10.0 Å². The van der Waals surface area contributed by atoms with Crippen molar-refractivity contribution in [3.05, 3.63) is 23.8 Å². The minimum Gasteiger partial charge on any atom is -0.478 e. The lowest BCUT2D eigenvalue weighted by Crippen LogP contribution is -2.24. The largest absolute Gasteiger partial charge is 0.478 e. The lowest BCUT2D eigenvalue weighted by atomic mass is 10.1. The average molecular weight is 328 g/mol. The second kappa shape index (κ2) is 7.08. The molecule has 1 aliphatic heterocycles. The summed E-state index contributed by atoms with van der Waals surface area (Å²) >= 11 is 0. The number of hydrogen-bond acceptors (Lipinski definition) is 5. The van der Waals surface area contributed by atoms with Gasteiger partial charge in [-0.1, -0.05) is 6.92 Å². The summed E-state index contributed by atoms with van der Waals surface area (Å²) in [4.78, 5) is 11.3. The molecule has 0 aliphatic carbocycles. The smallest absolute Gasteiger partial charge is 0.337 e. The lowest BCUT2D eigenvalue weighted by molar-refractivity contribution is 0.0697. The van der Waals surface area contributed by atoms with E-state index in [9.17, 15) is 18.3 Å². The Morgan fingerprint density at radius 3 is 2.82 bits per heavy atom. The summed E-state index contributed by atoms with van der Waals surface area (Å²) in [5.41, 5.74) is 0.315. The number of rotatable bonds is 7. The molecular formula is C14H20N2O5S. The Kier molecular flexibility index (Phi) is 5.38. The molecule has 1 aliphatic rings. The predicted molar refractivity (Wildman–Crippen MR) is 81.7 cm³/mol. The van der Waals surface area contributed by atoms with Crippen LogP contribution in [0, 0.1) is 0 Å². The van der Waals surface area contributed by atoms with E-state index in [0.717, 1.165) is 25.5 Å². The third-order valence-corrected chi connectivity index (χ3v) is 4.95. The van der Waals surface area contributed by atoms with Gasteiger partial charge in [-0.2, -0.15) is 0 Å². The average Bonchev–Trinajstić information content (AvgIpc) is 2.98. The number of carbonyl (C=O) groups is 1. The zero-order valence-electron chi connectivity index (χ0n) is 12.3. The van der Waals surface area contributed by atoms with Gasteiger partial charge in [0.05, 0.1) is 16.6 Å². The summed E-state index contributed by atoms with van der Waals surface area (Å²) in [5.74, 6) is -1.18. The zero-order chi connectivity index (χ0) is 16.2. The van der Waals surface area contributed by atoms with Crippen molar-refractivity contribution in [2.45, 2.75) is 30.8 Å². The van der Waals surface area contributed by atoms with Crippen molar-refractivity contribution < 1.29 is 23.1 Å². The fourth-order valence-corrected chi connectivity index (χ4v) is 3.39. The minimum atomic E-state index is -3.68. The van der Waals surface area contributed by atoms with Crippen molar-refractivity contribution in [3.8, 4) is 0 Å². The molecule has 7 nitrogen and oxygen atoms in total. The topological polar surface area (TPSA) is 105 Å². The van der Waals surface area contributed by atoms with Crippen LogP contribution in [0.25, 0.3) is 0 Å². The van der Waals surface area contributed by atoms with Crippen LogP contribution in [-0.2, 0) is 14.8 Å². The van der Waals surface area contributed by atoms with Crippen molar-refractivity contribution in [3.63, 3.8) is 0 Å². The number of ether oxygens (including phenoxy) is 1. The second-order valence-electron chi connectivity index (χ2n) is 5.03. The summed E-state index contributed by atoms with van der Waals surface area (Å²) in [6, 6.07) is 4.03. The van der Waals surface area contributed by atoms with Crippen LogP contribution in [-0.4, -0.2) is 45.3 Å². The molecule has 1 saturated heterocycles. The number of carboxylic acid groups (broad SMARTS) is 1. The molecule has 3 N–H and O–H groups in total. The molecule has 1 atom stereocenters. The number of sulfonamides is 1. The number of carboxylic acids is 1. The van der Waals surface area contributed by atoms with E-state index < -0.39 is 16.0 Å². The zero-order valence-corrected chi connectivity index (χ0v) is 13.1. The van der Waals surface area contributed by atoms with E-state index in [2.05, 4.69) is 10.0 Å². The SMILES string of the molecule is CCNS(=O)(=O)c1ccc(NC[C@H]2CCCO2)c(C(=O)O)c1. The minimum absolute atomic E-state index is 0.0607. The Bertz CT molecular complexity index is 639. The van der Waals surface area contributed by atoms with Crippen LogP contribution >= 0.6 is 0 Å². The molecule has 1 heterocycles. The molecule has 1 aromatic rings. The Morgan fingerprint density at radius 1 is 1.45 bits per heavy atom. The first-order valence-electron chi connectivity index (χ1n) is 7.16. The van der Waals surface area contributed by atoms with Crippen LogP contribution in [0.2, 0.25) is 0 Å². The predicted octanol–water partition coefficient (Wildman–Crippen LogP) is 1.27. The van der Waals surface area contributed by atoms with E-state index in [1.165, 1.54) is 12.1 Å². The highest BCUT2D eigenvalue weighted by Crippen LogP contribution is 2.22. The van der Waals surface area contributed by atoms with Gasteiger partial charge in [0.2, 0.25) is 10.0 Å². The highest BCUT2D eigenvalue weighted by Gasteiger charge is 2.20. The van der Waals surface area contributed by atoms with Gasteiger partial charge in [-0.25, -0.2) is 17.9 Å².